The van der Waals surface area contributed by atoms with Gasteiger partial charge in [0.25, 0.3) is 0 Å². The minimum Gasteiger partial charge on any atom is -0.400 e. The molecule has 4 nitrogen and oxygen atoms in total. The monoisotopic (exact) mass is 383 g/mol. The Morgan fingerprint density at radius 2 is 1.74 bits per heavy atom. The molecule has 0 aliphatic carbocycles. The van der Waals surface area contributed by atoms with Crippen LogP contribution in [0.3, 0.4) is 0 Å². The molecule has 0 saturated carbocycles. The van der Waals surface area contributed by atoms with Crippen molar-refractivity contribution in [1.29, 1.82) is 0 Å². The van der Waals surface area contributed by atoms with E-state index in [0.717, 1.165) is 12.1 Å². The van der Waals surface area contributed by atoms with Crippen molar-refractivity contribution in [1.82, 2.24) is 5.32 Å². The Kier molecular flexibility index (Phi) is 5.83. The number of benzene rings is 1. The fraction of sp³-hybridized carbons (Fsp3) is 0.526. The van der Waals surface area contributed by atoms with Crippen molar-refractivity contribution in [3.05, 3.63) is 40.4 Å². The number of aryl methyl sites for hydroxylation is 1. The van der Waals surface area contributed by atoms with Gasteiger partial charge in [0, 0.05) is 13.5 Å². The molecule has 1 aromatic rings. The van der Waals surface area contributed by atoms with Gasteiger partial charge in [0.15, 0.2) is 0 Å². The summed E-state index contributed by atoms with van der Waals surface area (Å²) in [5.41, 5.74) is -0.118. The number of carbonyl (C=O) groups excluding carboxylic acids is 1. The molecular formula is C19H25BF3NO3. The molecule has 1 aromatic carbocycles. The summed E-state index contributed by atoms with van der Waals surface area (Å²) in [7, 11) is -0.705. The molecule has 1 N–H and O–H groups in total. The molecule has 0 bridgehead atoms. The lowest BCUT2D eigenvalue weighted by atomic mass is 9.76. The number of halogens is 3. The van der Waals surface area contributed by atoms with Gasteiger partial charge in [-0.2, -0.15) is 13.2 Å². The van der Waals surface area contributed by atoms with Gasteiger partial charge in [0.1, 0.15) is 0 Å². The van der Waals surface area contributed by atoms with Crippen molar-refractivity contribution in [3.63, 3.8) is 0 Å². The first-order chi connectivity index (χ1) is 12.2. The lowest BCUT2D eigenvalue weighted by Gasteiger charge is -2.32. The van der Waals surface area contributed by atoms with E-state index in [4.69, 9.17) is 9.31 Å². The van der Waals surface area contributed by atoms with Crippen molar-refractivity contribution in [2.24, 2.45) is 0 Å². The van der Waals surface area contributed by atoms with Crippen molar-refractivity contribution in [3.8, 4) is 0 Å². The summed E-state index contributed by atoms with van der Waals surface area (Å²) in [6, 6.07) is 3.56. The van der Waals surface area contributed by atoms with Crippen LogP contribution in [0.2, 0.25) is 0 Å². The first kappa shape index (κ1) is 21.5. The fourth-order valence-electron chi connectivity index (χ4n) is 2.64. The highest BCUT2D eigenvalue weighted by atomic mass is 19.4. The van der Waals surface area contributed by atoms with E-state index in [-0.39, 0.29) is 12.5 Å². The van der Waals surface area contributed by atoms with Gasteiger partial charge in [-0.05, 0) is 63.4 Å². The van der Waals surface area contributed by atoms with Crippen LogP contribution in [0.25, 0.3) is 6.08 Å². The van der Waals surface area contributed by atoms with Crippen LogP contribution in [0.1, 0.15) is 51.3 Å². The second kappa shape index (κ2) is 7.32. The van der Waals surface area contributed by atoms with E-state index in [1.54, 1.807) is 13.0 Å². The second-order valence-corrected chi connectivity index (χ2v) is 7.79. The molecule has 148 valence electrons. The van der Waals surface area contributed by atoms with E-state index in [9.17, 15) is 18.0 Å². The lowest BCUT2D eigenvalue weighted by molar-refractivity contribution is -0.137. The molecule has 0 spiro atoms. The van der Waals surface area contributed by atoms with Crippen LogP contribution in [0.5, 0.6) is 0 Å². The molecule has 1 aliphatic heterocycles. The van der Waals surface area contributed by atoms with Crippen molar-refractivity contribution in [2.45, 2.75) is 58.9 Å². The molecule has 1 aliphatic rings. The summed E-state index contributed by atoms with van der Waals surface area (Å²) in [5, 5.41) is 2.71. The maximum absolute atomic E-state index is 12.9. The first-order valence-corrected chi connectivity index (χ1v) is 8.71. The average molecular weight is 383 g/mol. The molecule has 1 amide bonds. The summed E-state index contributed by atoms with van der Waals surface area (Å²) in [6.07, 6.45) is -2.68. The molecule has 0 radical (unpaired) electrons. The number of alkyl halides is 3. The highest BCUT2D eigenvalue weighted by molar-refractivity contribution is 6.56. The SMILES string of the molecule is CC(=O)NCC(=Cc1ccc(C(F)(F)F)cc1C)B1OC(C)(C)C(C)(C)O1. The number of amides is 1. The van der Waals surface area contributed by atoms with Gasteiger partial charge >= 0.3 is 13.3 Å². The molecule has 27 heavy (non-hydrogen) atoms. The highest BCUT2D eigenvalue weighted by Gasteiger charge is 2.52. The van der Waals surface area contributed by atoms with Crippen molar-refractivity contribution < 1.29 is 27.3 Å². The van der Waals surface area contributed by atoms with E-state index in [0.29, 0.717) is 16.6 Å². The van der Waals surface area contributed by atoms with E-state index in [2.05, 4.69) is 5.32 Å². The Morgan fingerprint density at radius 3 is 2.19 bits per heavy atom. The predicted octanol–water partition coefficient (Wildman–Crippen LogP) is 4.16. The van der Waals surface area contributed by atoms with Gasteiger partial charge < -0.3 is 14.6 Å². The van der Waals surface area contributed by atoms with Crippen LogP contribution in [-0.4, -0.2) is 30.8 Å². The molecule has 8 heteroatoms. The Hall–Kier alpha value is -1.80. The minimum absolute atomic E-state index is 0.173. The third-order valence-electron chi connectivity index (χ3n) is 5.04. The van der Waals surface area contributed by atoms with E-state index in [1.165, 1.54) is 13.0 Å². The quantitative estimate of drug-likeness (QED) is 0.795. The third-order valence-corrected chi connectivity index (χ3v) is 5.04. The summed E-state index contributed by atoms with van der Waals surface area (Å²) in [6.45, 7) is 10.8. The zero-order valence-corrected chi connectivity index (χ0v) is 16.5. The van der Waals surface area contributed by atoms with Crippen LogP contribution >= 0.6 is 0 Å². The molecular weight excluding hydrogens is 358 g/mol. The van der Waals surface area contributed by atoms with Crippen LogP contribution < -0.4 is 5.32 Å². The number of carbonyl (C=O) groups is 1. The smallest absolute Gasteiger partial charge is 0.400 e. The second-order valence-electron chi connectivity index (χ2n) is 7.79. The Bertz CT molecular complexity index is 741. The van der Waals surface area contributed by atoms with Crippen LogP contribution in [0.15, 0.2) is 23.7 Å². The third kappa shape index (κ3) is 4.93. The van der Waals surface area contributed by atoms with Crippen LogP contribution in [-0.2, 0) is 20.3 Å². The molecule has 1 heterocycles. The minimum atomic E-state index is -4.39. The van der Waals surface area contributed by atoms with Gasteiger partial charge in [-0.15, -0.1) is 0 Å². The fourth-order valence-corrected chi connectivity index (χ4v) is 2.64. The van der Waals surface area contributed by atoms with Crippen LogP contribution in [0, 0.1) is 6.92 Å². The number of nitrogens with one attached hydrogen (secondary N) is 1. The molecule has 0 unspecified atom stereocenters. The molecule has 0 aromatic heterocycles. The predicted molar refractivity (Wildman–Crippen MR) is 98.9 cm³/mol. The van der Waals surface area contributed by atoms with E-state index < -0.39 is 30.1 Å². The van der Waals surface area contributed by atoms with E-state index in [1.807, 2.05) is 27.7 Å². The van der Waals surface area contributed by atoms with Crippen molar-refractivity contribution in [2.75, 3.05) is 6.54 Å². The van der Waals surface area contributed by atoms with Gasteiger partial charge in [-0.3, -0.25) is 4.79 Å². The maximum Gasteiger partial charge on any atom is 0.492 e. The number of hydrogen-bond donors (Lipinski definition) is 1. The molecule has 2 rings (SSSR count). The van der Waals surface area contributed by atoms with E-state index >= 15 is 0 Å². The lowest BCUT2D eigenvalue weighted by Crippen LogP contribution is -2.41. The van der Waals surface area contributed by atoms with Gasteiger partial charge in [-0.1, -0.05) is 12.1 Å². The number of rotatable bonds is 4. The summed E-state index contributed by atoms with van der Waals surface area (Å²) in [5.74, 6) is -0.221. The largest absolute Gasteiger partial charge is 0.492 e. The highest BCUT2D eigenvalue weighted by Crippen LogP contribution is 2.39. The van der Waals surface area contributed by atoms with Gasteiger partial charge in [0.05, 0.1) is 16.8 Å². The number of hydrogen-bond acceptors (Lipinski definition) is 3. The van der Waals surface area contributed by atoms with Crippen LogP contribution in [0.4, 0.5) is 13.2 Å². The molecule has 0 atom stereocenters. The average Bonchev–Trinajstić information content (AvgIpc) is 2.71. The summed E-state index contributed by atoms with van der Waals surface area (Å²) < 4.78 is 50.7. The summed E-state index contributed by atoms with van der Waals surface area (Å²) >= 11 is 0. The molecule has 1 fully saturated rings. The normalized spacial score (nSPS) is 19.3. The van der Waals surface area contributed by atoms with Gasteiger partial charge in [0.2, 0.25) is 5.91 Å². The summed E-state index contributed by atoms with van der Waals surface area (Å²) in [4.78, 5) is 11.3. The Labute approximate surface area is 158 Å². The zero-order valence-electron chi connectivity index (χ0n) is 16.5. The first-order valence-electron chi connectivity index (χ1n) is 8.71. The Morgan fingerprint density at radius 1 is 1.19 bits per heavy atom. The zero-order chi connectivity index (χ0) is 20.6. The van der Waals surface area contributed by atoms with Gasteiger partial charge in [-0.25, -0.2) is 0 Å². The Balaban J connectivity index is 2.39. The standard InChI is InChI=1S/C19H25BF3NO3/c1-12-9-15(19(21,22)23)8-7-14(12)10-16(11-24-13(2)25)20-26-17(3,4)18(5,6)27-20/h7-10H,11H2,1-6H3,(H,24,25). The molecule has 1 saturated heterocycles. The van der Waals surface area contributed by atoms with Crippen molar-refractivity contribution >= 4 is 19.1 Å². The topological polar surface area (TPSA) is 47.6 Å². The maximum atomic E-state index is 12.9.